The van der Waals surface area contributed by atoms with Gasteiger partial charge in [-0.25, -0.2) is 14.8 Å². The lowest BCUT2D eigenvalue weighted by molar-refractivity contribution is 0.0600. The monoisotopic (exact) mass is 335 g/mol. The van der Waals surface area contributed by atoms with Crippen molar-refractivity contribution in [3.05, 3.63) is 66.0 Å². The number of phenols is 1. The molecule has 3 aromatic rings. The number of anilines is 2. The smallest absolute Gasteiger partial charge is 0.337 e. The van der Waals surface area contributed by atoms with Crippen molar-refractivity contribution in [2.75, 3.05) is 12.4 Å². The number of nitrogens with zero attached hydrogens (tertiary/aromatic N) is 2. The Morgan fingerprint density at radius 1 is 1.08 bits per heavy atom. The largest absolute Gasteiger partial charge is 0.506 e. The fourth-order valence-corrected chi connectivity index (χ4v) is 2.41. The molecule has 6 heteroatoms. The molecule has 1 aromatic heterocycles. The number of aromatic nitrogens is 2. The molecule has 1 heterocycles. The van der Waals surface area contributed by atoms with Crippen LogP contribution >= 0.6 is 0 Å². The first kappa shape index (κ1) is 16.4. The number of aromatic hydroxyl groups is 1. The number of benzene rings is 2. The maximum absolute atomic E-state index is 11.5. The third-order valence-electron chi connectivity index (χ3n) is 3.59. The van der Waals surface area contributed by atoms with Crippen LogP contribution in [0.25, 0.3) is 11.3 Å². The van der Waals surface area contributed by atoms with Crippen molar-refractivity contribution in [1.29, 1.82) is 0 Å². The summed E-state index contributed by atoms with van der Waals surface area (Å²) in [7, 11) is 1.29. The fraction of sp³-hybridized carbons (Fsp3) is 0.105. The Bertz CT molecular complexity index is 911. The number of aryl methyl sites for hydroxylation is 1. The highest BCUT2D eigenvalue weighted by Crippen LogP contribution is 2.28. The standard InChI is InChI=1S/C19H17N3O3/c1-12-20-16(13-6-4-3-5-7-13)11-18(21-12)22-15-9-8-14(10-17(15)23)19(24)25-2/h3-11,23H,1-2H3,(H,20,21,22). The number of ether oxygens (including phenoxy) is 1. The van der Waals surface area contributed by atoms with E-state index in [0.29, 0.717) is 17.3 Å². The predicted octanol–water partition coefficient (Wildman–Crippen LogP) is 3.69. The molecule has 0 atom stereocenters. The van der Waals surface area contributed by atoms with Crippen molar-refractivity contribution in [2.24, 2.45) is 0 Å². The summed E-state index contributed by atoms with van der Waals surface area (Å²) in [5.41, 5.74) is 2.46. The van der Waals surface area contributed by atoms with E-state index in [9.17, 15) is 9.90 Å². The van der Waals surface area contributed by atoms with Gasteiger partial charge in [-0.3, -0.25) is 0 Å². The molecule has 126 valence electrons. The van der Waals surface area contributed by atoms with E-state index < -0.39 is 5.97 Å². The van der Waals surface area contributed by atoms with Gasteiger partial charge in [-0.2, -0.15) is 0 Å². The molecule has 0 fully saturated rings. The zero-order valence-electron chi connectivity index (χ0n) is 13.9. The summed E-state index contributed by atoms with van der Waals surface area (Å²) in [4.78, 5) is 20.3. The summed E-state index contributed by atoms with van der Waals surface area (Å²) >= 11 is 0. The SMILES string of the molecule is COC(=O)c1ccc(Nc2cc(-c3ccccc3)nc(C)n2)c(O)c1. The zero-order valence-corrected chi connectivity index (χ0v) is 13.9. The first-order valence-corrected chi connectivity index (χ1v) is 7.66. The van der Waals surface area contributed by atoms with Gasteiger partial charge in [-0.05, 0) is 25.1 Å². The van der Waals surface area contributed by atoms with E-state index in [1.165, 1.54) is 13.2 Å². The quantitative estimate of drug-likeness (QED) is 0.559. The van der Waals surface area contributed by atoms with E-state index in [0.717, 1.165) is 11.3 Å². The van der Waals surface area contributed by atoms with Crippen molar-refractivity contribution >= 4 is 17.5 Å². The first-order chi connectivity index (χ1) is 12.1. The summed E-state index contributed by atoms with van der Waals surface area (Å²) in [6.45, 7) is 1.80. The van der Waals surface area contributed by atoms with Gasteiger partial charge in [-0.1, -0.05) is 30.3 Å². The van der Waals surface area contributed by atoms with Gasteiger partial charge in [0.15, 0.2) is 0 Å². The van der Waals surface area contributed by atoms with E-state index in [1.807, 2.05) is 30.3 Å². The second kappa shape index (κ2) is 7.00. The molecule has 0 spiro atoms. The van der Waals surface area contributed by atoms with Crippen molar-refractivity contribution in [3.8, 4) is 17.0 Å². The maximum Gasteiger partial charge on any atom is 0.337 e. The average molecular weight is 335 g/mol. The molecule has 3 rings (SSSR count). The third-order valence-corrected chi connectivity index (χ3v) is 3.59. The Kier molecular flexibility index (Phi) is 4.61. The van der Waals surface area contributed by atoms with Crippen LogP contribution in [-0.2, 0) is 4.74 Å². The number of hydrogen-bond acceptors (Lipinski definition) is 6. The molecule has 2 aromatic carbocycles. The van der Waals surface area contributed by atoms with Crippen molar-refractivity contribution in [3.63, 3.8) is 0 Å². The number of hydrogen-bond donors (Lipinski definition) is 2. The van der Waals surface area contributed by atoms with E-state index in [-0.39, 0.29) is 11.3 Å². The lowest BCUT2D eigenvalue weighted by atomic mass is 10.1. The van der Waals surface area contributed by atoms with Crippen LogP contribution in [0.2, 0.25) is 0 Å². The van der Waals surface area contributed by atoms with Crippen LogP contribution in [-0.4, -0.2) is 28.2 Å². The van der Waals surface area contributed by atoms with Gasteiger partial charge in [0.05, 0.1) is 24.1 Å². The molecule has 0 amide bonds. The minimum Gasteiger partial charge on any atom is -0.506 e. The topological polar surface area (TPSA) is 84.3 Å². The molecule has 0 aliphatic rings. The molecule has 0 unspecified atom stereocenters. The molecule has 6 nitrogen and oxygen atoms in total. The molecule has 0 aliphatic heterocycles. The Morgan fingerprint density at radius 3 is 2.52 bits per heavy atom. The van der Waals surface area contributed by atoms with Crippen LogP contribution in [0.5, 0.6) is 5.75 Å². The number of esters is 1. The lowest BCUT2D eigenvalue weighted by Crippen LogP contribution is -2.02. The van der Waals surface area contributed by atoms with Crippen molar-refractivity contribution in [1.82, 2.24) is 9.97 Å². The van der Waals surface area contributed by atoms with Crippen LogP contribution in [0.15, 0.2) is 54.6 Å². The number of carbonyl (C=O) groups excluding carboxylic acids is 1. The number of methoxy groups -OCH3 is 1. The Labute approximate surface area is 145 Å². The van der Waals surface area contributed by atoms with Gasteiger partial charge < -0.3 is 15.2 Å². The van der Waals surface area contributed by atoms with Gasteiger partial charge in [-0.15, -0.1) is 0 Å². The highest BCUT2D eigenvalue weighted by Gasteiger charge is 2.11. The van der Waals surface area contributed by atoms with Gasteiger partial charge >= 0.3 is 5.97 Å². The summed E-state index contributed by atoms with van der Waals surface area (Å²) in [6.07, 6.45) is 0. The van der Waals surface area contributed by atoms with Gasteiger partial charge in [0.2, 0.25) is 0 Å². The van der Waals surface area contributed by atoms with Crippen LogP contribution in [0.3, 0.4) is 0 Å². The van der Waals surface area contributed by atoms with Crippen LogP contribution < -0.4 is 5.32 Å². The summed E-state index contributed by atoms with van der Waals surface area (Å²) < 4.78 is 4.64. The molecular weight excluding hydrogens is 318 g/mol. The van der Waals surface area contributed by atoms with Crippen LogP contribution in [0.4, 0.5) is 11.5 Å². The van der Waals surface area contributed by atoms with E-state index in [2.05, 4.69) is 20.0 Å². The van der Waals surface area contributed by atoms with E-state index in [1.54, 1.807) is 25.1 Å². The highest BCUT2D eigenvalue weighted by molar-refractivity contribution is 5.90. The molecule has 25 heavy (non-hydrogen) atoms. The lowest BCUT2D eigenvalue weighted by Gasteiger charge is -2.11. The summed E-state index contributed by atoms with van der Waals surface area (Å²) in [5.74, 6) is 0.577. The van der Waals surface area contributed by atoms with Gasteiger partial charge in [0.25, 0.3) is 0 Å². The molecule has 0 radical (unpaired) electrons. The van der Waals surface area contributed by atoms with E-state index >= 15 is 0 Å². The Hall–Kier alpha value is -3.41. The predicted molar refractivity (Wildman–Crippen MR) is 94.9 cm³/mol. The zero-order chi connectivity index (χ0) is 17.8. The normalized spacial score (nSPS) is 10.3. The molecule has 0 aliphatic carbocycles. The second-order valence-corrected chi connectivity index (χ2v) is 5.40. The highest BCUT2D eigenvalue weighted by atomic mass is 16.5. The minimum absolute atomic E-state index is 0.0690. The molecular formula is C19H17N3O3. The fourth-order valence-electron chi connectivity index (χ4n) is 2.41. The van der Waals surface area contributed by atoms with Crippen molar-refractivity contribution < 1.29 is 14.6 Å². The Balaban J connectivity index is 1.91. The molecule has 0 bridgehead atoms. The van der Waals surface area contributed by atoms with Crippen LogP contribution in [0.1, 0.15) is 16.2 Å². The summed E-state index contributed by atoms with van der Waals surface area (Å²) in [6, 6.07) is 16.1. The van der Waals surface area contributed by atoms with Crippen LogP contribution in [0, 0.1) is 6.92 Å². The summed E-state index contributed by atoms with van der Waals surface area (Å²) in [5, 5.41) is 13.2. The average Bonchev–Trinajstić information content (AvgIpc) is 2.63. The van der Waals surface area contributed by atoms with Crippen molar-refractivity contribution in [2.45, 2.75) is 6.92 Å². The second-order valence-electron chi connectivity index (χ2n) is 5.40. The van der Waals surface area contributed by atoms with Gasteiger partial charge in [0.1, 0.15) is 17.4 Å². The number of carbonyl (C=O) groups is 1. The third kappa shape index (κ3) is 3.74. The molecule has 0 saturated heterocycles. The molecule has 0 saturated carbocycles. The first-order valence-electron chi connectivity index (χ1n) is 7.66. The number of phenolic OH excluding ortho intramolecular Hbond substituents is 1. The van der Waals surface area contributed by atoms with Gasteiger partial charge in [0, 0.05) is 11.6 Å². The molecule has 2 N–H and O–H groups in total. The maximum atomic E-state index is 11.5. The minimum atomic E-state index is -0.508. The van der Waals surface area contributed by atoms with E-state index in [4.69, 9.17) is 0 Å². The number of nitrogens with one attached hydrogen (secondary N) is 1. The Morgan fingerprint density at radius 2 is 1.84 bits per heavy atom. The number of rotatable bonds is 4.